The molecule has 1 aliphatic heterocycles. The Morgan fingerprint density at radius 2 is 2.06 bits per heavy atom. The van der Waals surface area contributed by atoms with Crippen LogP contribution in [-0.2, 0) is 6.54 Å². The summed E-state index contributed by atoms with van der Waals surface area (Å²) in [6, 6.07) is 0. The highest BCUT2D eigenvalue weighted by atomic mass is 35.5. The molecule has 0 unspecified atom stereocenters. The van der Waals surface area contributed by atoms with E-state index in [-0.39, 0.29) is 10.8 Å². The first-order valence-electron chi connectivity index (χ1n) is 5.84. The van der Waals surface area contributed by atoms with Gasteiger partial charge in [-0.1, -0.05) is 11.6 Å². The van der Waals surface area contributed by atoms with E-state index in [1.165, 1.54) is 6.20 Å². The van der Waals surface area contributed by atoms with Crippen molar-refractivity contribution in [2.45, 2.75) is 6.54 Å². The van der Waals surface area contributed by atoms with Gasteiger partial charge in [0.25, 0.3) is 0 Å². The summed E-state index contributed by atoms with van der Waals surface area (Å²) in [7, 11) is 2.11. The standard InChI is InChI=1S/C10H16ClN5O2/c1-13-2-4-14(5-3-13)6-7-15-8-9(11)10(12-15)16(17)18/h8H,2-7H2,1H3. The number of aromatic nitrogens is 2. The number of likely N-dealkylation sites (N-methyl/N-ethyl adjacent to an activating group) is 1. The first-order valence-corrected chi connectivity index (χ1v) is 6.22. The van der Waals surface area contributed by atoms with E-state index in [0.717, 1.165) is 32.7 Å². The molecule has 1 fully saturated rings. The summed E-state index contributed by atoms with van der Waals surface area (Å²) in [5.74, 6) is -0.268. The minimum atomic E-state index is -0.561. The van der Waals surface area contributed by atoms with Gasteiger partial charge in [-0.3, -0.25) is 4.90 Å². The van der Waals surface area contributed by atoms with Gasteiger partial charge in [0.1, 0.15) is 0 Å². The number of halogens is 1. The molecule has 8 heteroatoms. The molecule has 1 aliphatic rings. The predicted molar refractivity (Wildman–Crippen MR) is 67.8 cm³/mol. The van der Waals surface area contributed by atoms with Crippen LogP contribution in [0.4, 0.5) is 5.82 Å². The molecule has 18 heavy (non-hydrogen) atoms. The SMILES string of the molecule is CN1CCN(CCn2cc(Cl)c([N+](=O)[O-])n2)CC1. The maximum Gasteiger partial charge on any atom is 0.408 e. The van der Waals surface area contributed by atoms with E-state index in [1.807, 2.05) is 0 Å². The number of rotatable bonds is 4. The van der Waals surface area contributed by atoms with Crippen LogP contribution in [-0.4, -0.2) is 64.3 Å². The lowest BCUT2D eigenvalue weighted by Crippen LogP contribution is -2.45. The van der Waals surface area contributed by atoms with Crippen molar-refractivity contribution in [3.05, 3.63) is 21.3 Å². The summed E-state index contributed by atoms with van der Waals surface area (Å²) in [6.07, 6.45) is 1.51. The van der Waals surface area contributed by atoms with Gasteiger partial charge in [0.15, 0.2) is 5.02 Å². The van der Waals surface area contributed by atoms with Crippen LogP contribution in [0.3, 0.4) is 0 Å². The van der Waals surface area contributed by atoms with E-state index < -0.39 is 4.92 Å². The monoisotopic (exact) mass is 273 g/mol. The lowest BCUT2D eigenvalue weighted by Gasteiger charge is -2.31. The van der Waals surface area contributed by atoms with Gasteiger partial charge in [0.2, 0.25) is 0 Å². The normalized spacial score (nSPS) is 18.1. The maximum atomic E-state index is 10.6. The molecule has 0 saturated carbocycles. The van der Waals surface area contributed by atoms with Gasteiger partial charge in [0.05, 0.1) is 17.8 Å². The maximum absolute atomic E-state index is 10.6. The molecule has 0 N–H and O–H groups in total. The minimum Gasteiger partial charge on any atom is -0.358 e. The predicted octanol–water partition coefficient (Wildman–Crippen LogP) is 0.692. The molecular formula is C10H16ClN5O2. The van der Waals surface area contributed by atoms with Crippen LogP contribution in [0.5, 0.6) is 0 Å². The summed E-state index contributed by atoms with van der Waals surface area (Å²) < 4.78 is 1.54. The van der Waals surface area contributed by atoms with Crippen LogP contribution in [0.1, 0.15) is 0 Å². The summed E-state index contributed by atoms with van der Waals surface area (Å²) in [4.78, 5) is 14.7. The van der Waals surface area contributed by atoms with Crippen molar-refractivity contribution in [2.24, 2.45) is 0 Å². The van der Waals surface area contributed by atoms with Crippen molar-refractivity contribution in [1.82, 2.24) is 19.6 Å². The number of nitro groups is 1. The second-order valence-electron chi connectivity index (χ2n) is 4.47. The van der Waals surface area contributed by atoms with Crippen LogP contribution in [0.25, 0.3) is 0 Å². The fourth-order valence-electron chi connectivity index (χ4n) is 1.94. The van der Waals surface area contributed by atoms with Gasteiger partial charge < -0.3 is 15.0 Å². The van der Waals surface area contributed by atoms with Gasteiger partial charge in [-0.15, -0.1) is 0 Å². The third-order valence-electron chi connectivity index (χ3n) is 3.11. The van der Waals surface area contributed by atoms with Crippen molar-refractivity contribution in [2.75, 3.05) is 39.8 Å². The Morgan fingerprint density at radius 3 is 2.61 bits per heavy atom. The molecule has 1 saturated heterocycles. The second kappa shape index (κ2) is 5.64. The average molecular weight is 274 g/mol. The average Bonchev–Trinajstić information content (AvgIpc) is 2.70. The van der Waals surface area contributed by atoms with Gasteiger partial charge in [-0.2, -0.15) is 4.68 Å². The van der Waals surface area contributed by atoms with Crippen LogP contribution in [0, 0.1) is 10.1 Å². The highest BCUT2D eigenvalue weighted by Crippen LogP contribution is 2.21. The molecule has 100 valence electrons. The Hall–Kier alpha value is -1.18. The van der Waals surface area contributed by atoms with E-state index in [1.54, 1.807) is 4.68 Å². The van der Waals surface area contributed by atoms with Crippen LogP contribution >= 0.6 is 11.6 Å². The zero-order valence-corrected chi connectivity index (χ0v) is 11.0. The number of hydrogen-bond acceptors (Lipinski definition) is 5. The summed E-state index contributed by atoms with van der Waals surface area (Å²) in [5, 5.41) is 14.6. The fraction of sp³-hybridized carbons (Fsp3) is 0.700. The first-order chi connectivity index (χ1) is 8.56. The third-order valence-corrected chi connectivity index (χ3v) is 3.38. The number of nitrogens with zero attached hydrogens (tertiary/aromatic N) is 5. The van der Waals surface area contributed by atoms with E-state index in [2.05, 4.69) is 21.9 Å². The molecule has 0 atom stereocenters. The third kappa shape index (κ3) is 3.18. The molecule has 0 bridgehead atoms. The first kappa shape index (κ1) is 13.3. The fourth-order valence-corrected chi connectivity index (χ4v) is 2.16. The number of hydrogen-bond donors (Lipinski definition) is 0. The second-order valence-corrected chi connectivity index (χ2v) is 4.87. The van der Waals surface area contributed by atoms with Crippen molar-refractivity contribution in [1.29, 1.82) is 0 Å². The van der Waals surface area contributed by atoms with Crippen molar-refractivity contribution in [3.8, 4) is 0 Å². The Balaban J connectivity index is 1.86. The Morgan fingerprint density at radius 1 is 1.39 bits per heavy atom. The molecule has 2 heterocycles. The van der Waals surface area contributed by atoms with Crippen molar-refractivity contribution < 1.29 is 4.92 Å². The van der Waals surface area contributed by atoms with Crippen molar-refractivity contribution in [3.63, 3.8) is 0 Å². The number of piperazine rings is 1. The van der Waals surface area contributed by atoms with E-state index in [9.17, 15) is 10.1 Å². The van der Waals surface area contributed by atoms with E-state index >= 15 is 0 Å². The largest absolute Gasteiger partial charge is 0.408 e. The Bertz CT molecular complexity index is 428. The highest BCUT2D eigenvalue weighted by molar-refractivity contribution is 6.32. The van der Waals surface area contributed by atoms with Gasteiger partial charge in [0, 0.05) is 32.7 Å². The lowest BCUT2D eigenvalue weighted by molar-refractivity contribution is -0.389. The topological polar surface area (TPSA) is 67.4 Å². The molecule has 0 radical (unpaired) electrons. The lowest BCUT2D eigenvalue weighted by atomic mass is 10.3. The molecule has 1 aromatic heterocycles. The smallest absolute Gasteiger partial charge is 0.358 e. The molecule has 0 aromatic carbocycles. The van der Waals surface area contributed by atoms with Gasteiger partial charge in [-0.25, -0.2) is 0 Å². The summed E-state index contributed by atoms with van der Waals surface area (Å²) in [5.41, 5.74) is 0. The quantitative estimate of drug-likeness (QED) is 0.596. The van der Waals surface area contributed by atoms with Crippen LogP contribution < -0.4 is 0 Å². The Labute approximate surface area is 110 Å². The minimum absolute atomic E-state index is 0.0957. The van der Waals surface area contributed by atoms with Crippen LogP contribution in [0.2, 0.25) is 5.02 Å². The highest BCUT2D eigenvalue weighted by Gasteiger charge is 2.20. The zero-order valence-electron chi connectivity index (χ0n) is 10.3. The van der Waals surface area contributed by atoms with Crippen LogP contribution in [0.15, 0.2) is 6.20 Å². The van der Waals surface area contributed by atoms with Gasteiger partial charge in [-0.05, 0) is 12.0 Å². The molecular weight excluding hydrogens is 258 g/mol. The van der Waals surface area contributed by atoms with E-state index in [0.29, 0.717) is 6.54 Å². The molecule has 0 spiro atoms. The molecule has 2 rings (SSSR count). The Kier molecular flexibility index (Phi) is 4.15. The zero-order chi connectivity index (χ0) is 13.1. The van der Waals surface area contributed by atoms with E-state index in [4.69, 9.17) is 11.6 Å². The summed E-state index contributed by atoms with van der Waals surface area (Å²) >= 11 is 5.74. The molecule has 1 aromatic rings. The molecule has 7 nitrogen and oxygen atoms in total. The molecule has 0 aliphatic carbocycles. The molecule has 0 amide bonds. The van der Waals surface area contributed by atoms with Crippen molar-refractivity contribution >= 4 is 17.4 Å². The summed E-state index contributed by atoms with van der Waals surface area (Å²) in [6.45, 7) is 5.61. The van der Waals surface area contributed by atoms with Gasteiger partial charge >= 0.3 is 5.82 Å².